The van der Waals surface area contributed by atoms with E-state index in [1.165, 1.54) is 24.8 Å². The summed E-state index contributed by atoms with van der Waals surface area (Å²) in [5, 5.41) is 0.740. The van der Waals surface area contributed by atoms with Crippen LogP contribution in [0.5, 0.6) is 0 Å². The number of thiol groups is 1. The molecule has 0 heterocycles. The number of hydrogen-bond acceptors (Lipinski definition) is 2. The predicted octanol–water partition coefficient (Wildman–Crippen LogP) is 5.11. The van der Waals surface area contributed by atoms with Gasteiger partial charge in [0.2, 0.25) is 0 Å². The lowest BCUT2D eigenvalue weighted by molar-refractivity contribution is -0.110. The second-order valence-electron chi connectivity index (χ2n) is 4.85. The molecule has 0 saturated carbocycles. The van der Waals surface area contributed by atoms with Gasteiger partial charge in [0, 0.05) is 17.4 Å². The standard InChI is InChI=1S/C16H24OS2/c1-2-8-15(11-6-7-12-16(17)18)19-13-14-9-4-3-5-10-14/h3-5,9-10,15H,2,6-8,11-13H2,1H3,(H,17,18). The van der Waals surface area contributed by atoms with E-state index in [1.54, 1.807) is 0 Å². The Morgan fingerprint density at radius 1 is 1.21 bits per heavy atom. The number of carbonyl (C=O) groups excluding carboxylic acids is 1. The molecule has 0 aliphatic heterocycles. The topological polar surface area (TPSA) is 17.1 Å². The Bertz CT molecular complexity index is 351. The van der Waals surface area contributed by atoms with E-state index in [0.717, 1.165) is 23.8 Å². The van der Waals surface area contributed by atoms with E-state index in [4.69, 9.17) is 0 Å². The highest BCUT2D eigenvalue weighted by atomic mass is 32.2. The Hall–Kier alpha value is -0.410. The van der Waals surface area contributed by atoms with Gasteiger partial charge in [-0.1, -0.05) is 50.1 Å². The first kappa shape index (κ1) is 16.6. The van der Waals surface area contributed by atoms with Crippen molar-refractivity contribution in [1.82, 2.24) is 0 Å². The predicted molar refractivity (Wildman–Crippen MR) is 88.9 cm³/mol. The van der Waals surface area contributed by atoms with Gasteiger partial charge in [0.25, 0.3) is 0 Å². The van der Waals surface area contributed by atoms with Crippen molar-refractivity contribution in [2.24, 2.45) is 0 Å². The van der Waals surface area contributed by atoms with E-state index < -0.39 is 0 Å². The number of thioether (sulfide) groups is 1. The van der Waals surface area contributed by atoms with Gasteiger partial charge in [-0.25, -0.2) is 0 Å². The Kier molecular flexibility index (Phi) is 9.10. The highest BCUT2D eigenvalue weighted by molar-refractivity contribution is 7.99. The molecule has 1 rings (SSSR count). The van der Waals surface area contributed by atoms with Crippen LogP contribution in [0, 0.1) is 0 Å². The lowest BCUT2D eigenvalue weighted by Gasteiger charge is -2.15. The maximum absolute atomic E-state index is 10.8. The molecule has 0 aromatic heterocycles. The third kappa shape index (κ3) is 8.38. The molecule has 19 heavy (non-hydrogen) atoms. The molecule has 0 fully saturated rings. The molecular weight excluding hydrogens is 272 g/mol. The van der Waals surface area contributed by atoms with Crippen molar-refractivity contribution in [2.75, 3.05) is 0 Å². The maximum Gasteiger partial charge on any atom is 0.185 e. The Morgan fingerprint density at radius 3 is 2.58 bits per heavy atom. The smallest absolute Gasteiger partial charge is 0.185 e. The molecule has 3 heteroatoms. The Labute approximate surface area is 127 Å². The van der Waals surface area contributed by atoms with Crippen LogP contribution in [0.2, 0.25) is 0 Å². The van der Waals surface area contributed by atoms with Crippen molar-refractivity contribution in [1.29, 1.82) is 0 Å². The van der Waals surface area contributed by atoms with Gasteiger partial charge in [0.15, 0.2) is 5.12 Å². The molecule has 1 aromatic rings. The van der Waals surface area contributed by atoms with Crippen molar-refractivity contribution in [3.63, 3.8) is 0 Å². The Balaban J connectivity index is 2.25. The second-order valence-corrected chi connectivity index (χ2v) is 6.63. The molecule has 0 aliphatic carbocycles. The van der Waals surface area contributed by atoms with E-state index in [0.29, 0.717) is 6.42 Å². The molecule has 0 spiro atoms. The van der Waals surface area contributed by atoms with Gasteiger partial charge < -0.3 is 0 Å². The minimum absolute atomic E-state index is 0.0176. The van der Waals surface area contributed by atoms with Crippen molar-refractivity contribution in [3.8, 4) is 0 Å². The molecule has 0 bridgehead atoms. The minimum atomic E-state index is 0.0176. The molecule has 1 unspecified atom stereocenters. The number of unbranched alkanes of at least 4 members (excludes halogenated alkanes) is 1. The first-order valence-electron chi connectivity index (χ1n) is 7.09. The van der Waals surface area contributed by atoms with Crippen molar-refractivity contribution >= 4 is 29.5 Å². The highest BCUT2D eigenvalue weighted by Crippen LogP contribution is 2.26. The fourth-order valence-corrected chi connectivity index (χ4v) is 3.58. The zero-order chi connectivity index (χ0) is 13.9. The van der Waals surface area contributed by atoms with Crippen LogP contribution in [0.4, 0.5) is 0 Å². The zero-order valence-electron chi connectivity index (χ0n) is 11.7. The summed E-state index contributed by atoms with van der Waals surface area (Å²) in [6.45, 7) is 2.24. The normalized spacial score (nSPS) is 12.3. The third-order valence-corrected chi connectivity index (χ3v) is 4.77. The fraction of sp³-hybridized carbons (Fsp3) is 0.562. The molecule has 0 amide bonds. The van der Waals surface area contributed by atoms with Crippen LogP contribution >= 0.6 is 24.4 Å². The van der Waals surface area contributed by atoms with Gasteiger partial charge in [-0.3, -0.25) is 4.79 Å². The van der Waals surface area contributed by atoms with Gasteiger partial charge >= 0.3 is 0 Å². The SMILES string of the molecule is CCCC(CCCCC(=O)S)SCc1ccccc1. The van der Waals surface area contributed by atoms with Crippen LogP contribution in [0.1, 0.15) is 51.0 Å². The zero-order valence-corrected chi connectivity index (χ0v) is 13.4. The number of benzene rings is 1. The molecule has 0 aliphatic rings. The van der Waals surface area contributed by atoms with Crippen LogP contribution < -0.4 is 0 Å². The summed E-state index contributed by atoms with van der Waals surface area (Å²) < 4.78 is 0. The van der Waals surface area contributed by atoms with Crippen LogP contribution in [0.15, 0.2) is 30.3 Å². The molecule has 0 saturated heterocycles. The van der Waals surface area contributed by atoms with Gasteiger partial charge in [-0.15, -0.1) is 12.6 Å². The average Bonchev–Trinajstić information content (AvgIpc) is 2.41. The quantitative estimate of drug-likeness (QED) is 0.477. The van der Waals surface area contributed by atoms with Gasteiger partial charge in [0.1, 0.15) is 0 Å². The van der Waals surface area contributed by atoms with Crippen LogP contribution in [-0.4, -0.2) is 10.4 Å². The van der Waals surface area contributed by atoms with E-state index in [-0.39, 0.29) is 5.12 Å². The molecule has 0 radical (unpaired) electrons. The van der Waals surface area contributed by atoms with E-state index >= 15 is 0 Å². The summed E-state index contributed by atoms with van der Waals surface area (Å²) in [6, 6.07) is 10.6. The minimum Gasteiger partial charge on any atom is -0.288 e. The molecular formula is C16H24OS2. The van der Waals surface area contributed by atoms with E-state index in [9.17, 15) is 4.79 Å². The fourth-order valence-electron chi connectivity index (χ4n) is 2.07. The average molecular weight is 297 g/mol. The van der Waals surface area contributed by atoms with E-state index in [2.05, 4.69) is 61.6 Å². The summed E-state index contributed by atoms with van der Waals surface area (Å²) in [4.78, 5) is 10.8. The van der Waals surface area contributed by atoms with E-state index in [1.807, 2.05) is 0 Å². The first-order valence-corrected chi connectivity index (χ1v) is 8.59. The summed E-state index contributed by atoms with van der Waals surface area (Å²) in [5.41, 5.74) is 1.40. The van der Waals surface area contributed by atoms with Crippen LogP contribution in [-0.2, 0) is 10.5 Å². The lowest BCUT2D eigenvalue weighted by Crippen LogP contribution is -2.03. The largest absolute Gasteiger partial charge is 0.288 e. The third-order valence-electron chi connectivity index (χ3n) is 3.11. The van der Waals surface area contributed by atoms with Gasteiger partial charge in [-0.2, -0.15) is 11.8 Å². The van der Waals surface area contributed by atoms with Gasteiger partial charge in [-0.05, 0) is 24.8 Å². The molecule has 1 atom stereocenters. The van der Waals surface area contributed by atoms with Crippen molar-refractivity contribution in [2.45, 2.75) is 56.5 Å². The monoisotopic (exact) mass is 296 g/mol. The summed E-state index contributed by atoms with van der Waals surface area (Å²) in [6.07, 6.45) is 6.45. The summed E-state index contributed by atoms with van der Waals surface area (Å²) in [5.74, 6) is 1.09. The molecule has 1 aromatic carbocycles. The Morgan fingerprint density at radius 2 is 1.95 bits per heavy atom. The maximum atomic E-state index is 10.8. The van der Waals surface area contributed by atoms with Gasteiger partial charge in [0.05, 0.1) is 0 Å². The van der Waals surface area contributed by atoms with Crippen molar-refractivity contribution < 1.29 is 4.79 Å². The van der Waals surface area contributed by atoms with Crippen molar-refractivity contribution in [3.05, 3.63) is 35.9 Å². The number of hydrogen-bond donors (Lipinski definition) is 1. The first-order chi connectivity index (χ1) is 9.22. The van der Waals surface area contributed by atoms with Crippen LogP contribution in [0.25, 0.3) is 0 Å². The number of carbonyl (C=O) groups is 1. The summed E-state index contributed by atoms with van der Waals surface area (Å²) in [7, 11) is 0. The second kappa shape index (κ2) is 10.4. The van der Waals surface area contributed by atoms with Crippen LogP contribution in [0.3, 0.4) is 0 Å². The lowest BCUT2D eigenvalue weighted by atomic mass is 10.1. The number of rotatable bonds is 10. The highest BCUT2D eigenvalue weighted by Gasteiger charge is 2.08. The summed E-state index contributed by atoms with van der Waals surface area (Å²) >= 11 is 5.86. The molecule has 106 valence electrons. The molecule has 0 N–H and O–H groups in total. The molecule has 1 nitrogen and oxygen atoms in total.